The van der Waals surface area contributed by atoms with Crippen molar-refractivity contribution >= 4 is 40.1 Å². The van der Waals surface area contributed by atoms with Gasteiger partial charge in [0.15, 0.2) is 11.2 Å². The molecule has 0 spiro atoms. The minimum Gasteiger partial charge on any atom is -0.451 e. The van der Waals surface area contributed by atoms with Crippen LogP contribution in [0.2, 0.25) is 10.0 Å². The second-order valence-electron chi connectivity index (χ2n) is 6.96. The molecule has 1 aliphatic rings. The Morgan fingerprint density at radius 2 is 1.79 bits per heavy atom. The van der Waals surface area contributed by atoms with Gasteiger partial charge in [0.25, 0.3) is 5.91 Å². The van der Waals surface area contributed by atoms with Gasteiger partial charge in [0, 0.05) is 21.7 Å². The van der Waals surface area contributed by atoms with Crippen LogP contribution >= 0.6 is 23.2 Å². The zero-order valence-electron chi connectivity index (χ0n) is 15.1. The van der Waals surface area contributed by atoms with E-state index in [0.717, 1.165) is 24.7 Å². The van der Waals surface area contributed by atoms with E-state index < -0.39 is 0 Å². The Morgan fingerprint density at radius 1 is 1.04 bits per heavy atom. The summed E-state index contributed by atoms with van der Waals surface area (Å²) >= 11 is 12.0. The molecule has 2 aromatic carbocycles. The largest absolute Gasteiger partial charge is 0.451 e. The molecule has 1 N–H and O–H groups in total. The number of rotatable bonds is 3. The number of hydrogen-bond donors (Lipinski definition) is 1. The molecule has 0 aliphatic carbocycles. The molecule has 1 saturated heterocycles. The van der Waals surface area contributed by atoms with E-state index in [4.69, 9.17) is 27.6 Å². The van der Waals surface area contributed by atoms with Gasteiger partial charge in [-0.05, 0) is 30.3 Å². The van der Waals surface area contributed by atoms with Crippen LogP contribution in [0.15, 0.2) is 57.7 Å². The molecule has 1 fully saturated rings. The first-order valence-electron chi connectivity index (χ1n) is 9.10. The van der Waals surface area contributed by atoms with Crippen molar-refractivity contribution in [1.29, 1.82) is 0 Å². The maximum absolute atomic E-state index is 12.8. The van der Waals surface area contributed by atoms with E-state index in [1.807, 2.05) is 18.2 Å². The van der Waals surface area contributed by atoms with Crippen molar-refractivity contribution in [2.24, 2.45) is 0 Å². The fourth-order valence-electron chi connectivity index (χ4n) is 3.53. The predicted octanol–water partition coefficient (Wildman–Crippen LogP) is 2.64. The topological polar surface area (TPSA) is 55.0 Å². The van der Waals surface area contributed by atoms with Crippen molar-refractivity contribution in [3.8, 4) is 0 Å². The van der Waals surface area contributed by atoms with Crippen molar-refractivity contribution in [1.82, 2.24) is 4.90 Å². The molecule has 0 atom stereocenters. The molecule has 0 radical (unpaired) electrons. The van der Waals surface area contributed by atoms with Crippen LogP contribution in [0.25, 0.3) is 11.0 Å². The summed E-state index contributed by atoms with van der Waals surface area (Å²) in [7, 11) is 0. The number of benzene rings is 2. The number of nitrogens with zero attached hydrogens (tertiary/aromatic N) is 1. The van der Waals surface area contributed by atoms with Crippen LogP contribution in [-0.2, 0) is 6.54 Å². The van der Waals surface area contributed by atoms with Gasteiger partial charge in [0.2, 0.25) is 0 Å². The normalized spacial score (nSPS) is 15.1. The summed E-state index contributed by atoms with van der Waals surface area (Å²) in [6.07, 6.45) is 0. The van der Waals surface area contributed by atoms with E-state index in [1.165, 1.54) is 16.5 Å². The first-order chi connectivity index (χ1) is 13.5. The molecule has 3 aromatic rings. The highest BCUT2D eigenvalue weighted by Gasteiger charge is 2.26. The van der Waals surface area contributed by atoms with Crippen LogP contribution in [0.4, 0.5) is 0 Å². The smallest absolute Gasteiger partial charge is 0.290 e. The van der Waals surface area contributed by atoms with Crippen LogP contribution in [0.5, 0.6) is 0 Å². The van der Waals surface area contributed by atoms with Crippen LogP contribution in [0.1, 0.15) is 16.1 Å². The minimum atomic E-state index is -0.266. The minimum absolute atomic E-state index is 0.0677. The Bertz CT molecular complexity index is 1090. The van der Waals surface area contributed by atoms with Gasteiger partial charge in [-0.25, -0.2) is 0 Å². The van der Waals surface area contributed by atoms with Crippen molar-refractivity contribution in [3.05, 3.63) is 80.1 Å². The number of nitrogens with one attached hydrogen (secondary N) is 1. The van der Waals surface area contributed by atoms with Gasteiger partial charge in [-0.15, -0.1) is 0 Å². The highest BCUT2D eigenvalue weighted by atomic mass is 35.5. The SMILES string of the molecule is O=C(c1cc(=O)c2cc(Cl)ccc2o1)N1CC[NH+](Cc2cccc(Cl)c2)CC1. The number of piperazine rings is 1. The lowest BCUT2D eigenvalue weighted by atomic mass is 10.2. The van der Waals surface area contributed by atoms with E-state index in [-0.39, 0.29) is 17.1 Å². The fourth-order valence-corrected chi connectivity index (χ4v) is 3.91. The fraction of sp³-hybridized carbons (Fsp3) is 0.238. The van der Waals surface area contributed by atoms with Gasteiger partial charge >= 0.3 is 0 Å². The number of amides is 1. The van der Waals surface area contributed by atoms with E-state index in [1.54, 1.807) is 23.1 Å². The molecule has 0 saturated carbocycles. The predicted molar refractivity (Wildman–Crippen MR) is 109 cm³/mol. The number of quaternary nitrogens is 1. The van der Waals surface area contributed by atoms with Gasteiger partial charge < -0.3 is 14.2 Å². The third-order valence-corrected chi connectivity index (χ3v) is 5.47. The van der Waals surface area contributed by atoms with Crippen LogP contribution in [0.3, 0.4) is 0 Å². The van der Waals surface area contributed by atoms with Gasteiger partial charge in [-0.3, -0.25) is 9.59 Å². The summed E-state index contributed by atoms with van der Waals surface area (Å²) in [4.78, 5) is 28.3. The zero-order chi connectivity index (χ0) is 19.7. The monoisotopic (exact) mass is 417 g/mol. The quantitative estimate of drug-likeness (QED) is 0.712. The Kier molecular flexibility index (Phi) is 5.40. The summed E-state index contributed by atoms with van der Waals surface area (Å²) in [5.74, 6) is -0.186. The average Bonchev–Trinajstić information content (AvgIpc) is 2.68. The zero-order valence-corrected chi connectivity index (χ0v) is 16.6. The van der Waals surface area contributed by atoms with Crippen molar-refractivity contribution < 1.29 is 14.1 Å². The number of carbonyl (C=O) groups excluding carboxylic acids is 1. The highest BCUT2D eigenvalue weighted by Crippen LogP contribution is 2.18. The molecule has 0 bridgehead atoms. The Hall–Kier alpha value is -2.34. The lowest BCUT2D eigenvalue weighted by Crippen LogP contribution is -3.13. The third kappa shape index (κ3) is 4.07. The molecule has 0 unspecified atom stereocenters. The molecule has 1 aliphatic heterocycles. The summed E-state index contributed by atoms with van der Waals surface area (Å²) in [6, 6.07) is 13.9. The average molecular weight is 418 g/mol. The molecular weight excluding hydrogens is 399 g/mol. The first-order valence-corrected chi connectivity index (χ1v) is 9.86. The van der Waals surface area contributed by atoms with E-state index in [0.29, 0.717) is 29.1 Å². The Balaban J connectivity index is 1.44. The second kappa shape index (κ2) is 7.95. The van der Waals surface area contributed by atoms with Gasteiger partial charge in [-0.2, -0.15) is 0 Å². The molecule has 1 aromatic heterocycles. The molecule has 1 amide bonds. The summed E-state index contributed by atoms with van der Waals surface area (Å²) in [5, 5.41) is 1.57. The molecule has 2 heterocycles. The maximum atomic E-state index is 12.8. The summed E-state index contributed by atoms with van der Waals surface area (Å²) in [6.45, 7) is 3.74. The first kappa shape index (κ1) is 19.0. The van der Waals surface area contributed by atoms with Crippen LogP contribution in [-0.4, -0.2) is 37.0 Å². The van der Waals surface area contributed by atoms with Crippen molar-refractivity contribution in [2.75, 3.05) is 26.2 Å². The van der Waals surface area contributed by atoms with E-state index in [9.17, 15) is 9.59 Å². The Labute approximate surface area is 172 Å². The van der Waals surface area contributed by atoms with E-state index in [2.05, 4.69) is 6.07 Å². The molecule has 144 valence electrons. The Morgan fingerprint density at radius 3 is 2.54 bits per heavy atom. The standard InChI is InChI=1S/C21H18Cl2N2O3/c22-15-3-1-2-14(10-15)13-24-6-8-25(9-7-24)21(27)20-12-18(26)17-11-16(23)4-5-19(17)28-20/h1-5,10-12H,6-9,13H2/p+1. The summed E-state index contributed by atoms with van der Waals surface area (Å²) in [5.41, 5.74) is 1.28. The molecule has 5 nitrogen and oxygen atoms in total. The van der Waals surface area contributed by atoms with Crippen LogP contribution < -0.4 is 10.3 Å². The third-order valence-electron chi connectivity index (χ3n) is 5.00. The highest BCUT2D eigenvalue weighted by molar-refractivity contribution is 6.31. The maximum Gasteiger partial charge on any atom is 0.290 e. The number of halogens is 2. The lowest BCUT2D eigenvalue weighted by molar-refractivity contribution is -0.917. The summed E-state index contributed by atoms with van der Waals surface area (Å²) < 4.78 is 5.68. The second-order valence-corrected chi connectivity index (χ2v) is 7.84. The van der Waals surface area contributed by atoms with Gasteiger partial charge in [0.05, 0.1) is 31.6 Å². The number of carbonyl (C=O) groups is 1. The number of fused-ring (bicyclic) bond motifs is 1. The lowest BCUT2D eigenvalue weighted by Gasteiger charge is -2.32. The van der Waals surface area contributed by atoms with Gasteiger partial charge in [-0.1, -0.05) is 35.3 Å². The molecule has 4 rings (SSSR count). The van der Waals surface area contributed by atoms with Crippen molar-refractivity contribution in [3.63, 3.8) is 0 Å². The molecule has 28 heavy (non-hydrogen) atoms. The molecule has 7 heteroatoms. The van der Waals surface area contributed by atoms with Crippen molar-refractivity contribution in [2.45, 2.75) is 6.54 Å². The number of hydrogen-bond acceptors (Lipinski definition) is 3. The van der Waals surface area contributed by atoms with Gasteiger partial charge in [0.1, 0.15) is 12.1 Å². The van der Waals surface area contributed by atoms with Crippen LogP contribution in [0, 0.1) is 0 Å². The molecular formula is C21H19Cl2N2O3+. The van der Waals surface area contributed by atoms with E-state index >= 15 is 0 Å².